The second kappa shape index (κ2) is 10.1. The first kappa shape index (κ1) is 25.8. The summed E-state index contributed by atoms with van der Waals surface area (Å²) in [6, 6.07) is 4.05. The zero-order chi connectivity index (χ0) is 28.1. The molecule has 3 aliphatic heterocycles. The molecular weight excluding hydrogens is 529 g/mol. The number of hydrogen-bond donors (Lipinski definition) is 3. The van der Waals surface area contributed by atoms with Crippen molar-refractivity contribution in [1.82, 2.24) is 40.7 Å². The fraction of sp³-hybridized carbons (Fsp3) is 0.500. The number of nitrogens with one attached hydrogen (secondary N) is 3. The number of likely N-dealkylation sites (tertiary alicyclic amines) is 1. The number of aromatic amines is 1. The van der Waals surface area contributed by atoms with Gasteiger partial charge in [-0.05, 0) is 38.2 Å². The van der Waals surface area contributed by atoms with Crippen molar-refractivity contribution in [2.75, 3.05) is 31.6 Å². The van der Waals surface area contributed by atoms with E-state index in [1.807, 2.05) is 17.3 Å². The summed E-state index contributed by atoms with van der Waals surface area (Å²) in [5.74, 6) is -0.147. The molecule has 13 heteroatoms. The Hall–Kier alpha value is -4.13. The van der Waals surface area contributed by atoms with Crippen LogP contribution in [0.2, 0.25) is 0 Å². The number of piperazine rings is 1. The summed E-state index contributed by atoms with van der Waals surface area (Å²) < 4.78 is 19.5. The Morgan fingerprint density at radius 3 is 2.73 bits per heavy atom. The van der Waals surface area contributed by atoms with Crippen LogP contribution >= 0.6 is 0 Å². The summed E-state index contributed by atoms with van der Waals surface area (Å²) in [4.78, 5) is 43.6. The van der Waals surface area contributed by atoms with E-state index in [9.17, 15) is 14.0 Å². The van der Waals surface area contributed by atoms with Crippen molar-refractivity contribution in [1.29, 1.82) is 0 Å². The molecule has 1 aliphatic carbocycles. The number of anilines is 1. The molecule has 3 saturated heterocycles. The molecule has 3 aromatic rings. The number of nitrogens with zero attached hydrogens (tertiary/aromatic N) is 6. The van der Waals surface area contributed by atoms with Gasteiger partial charge in [0, 0.05) is 54.8 Å². The minimum absolute atomic E-state index is 0.0371. The lowest BCUT2D eigenvalue weighted by Crippen LogP contribution is -2.50. The SMILES string of the molecule is COc1cc(-c2cc(C(=O)N3CCC(C(=O)NCc4ncc(N5C[C@@H]6C[C@H]5CN6)cn4)CC34CC4)[nH]n2)c(F)cn1. The van der Waals surface area contributed by atoms with Crippen molar-refractivity contribution in [3.63, 3.8) is 0 Å². The Balaban J connectivity index is 0.955. The summed E-state index contributed by atoms with van der Waals surface area (Å²) in [5.41, 5.74) is 1.46. The molecule has 7 rings (SSSR count). The van der Waals surface area contributed by atoms with Gasteiger partial charge in [0.15, 0.2) is 5.82 Å². The molecule has 3 aromatic heterocycles. The highest BCUT2D eigenvalue weighted by Gasteiger charge is 2.54. The second-order valence-corrected chi connectivity index (χ2v) is 11.5. The summed E-state index contributed by atoms with van der Waals surface area (Å²) in [5, 5.41) is 13.4. The first-order valence-electron chi connectivity index (χ1n) is 14.1. The Bertz CT molecular complexity index is 1470. The van der Waals surface area contributed by atoms with Gasteiger partial charge in [-0.1, -0.05) is 0 Å². The lowest BCUT2D eigenvalue weighted by molar-refractivity contribution is -0.127. The monoisotopic (exact) mass is 561 g/mol. The molecule has 0 aromatic carbocycles. The van der Waals surface area contributed by atoms with Crippen LogP contribution in [0.3, 0.4) is 0 Å². The number of pyridine rings is 1. The van der Waals surface area contributed by atoms with E-state index in [0.29, 0.717) is 43.0 Å². The number of carbonyl (C=O) groups is 2. The Morgan fingerprint density at radius 2 is 2.02 bits per heavy atom. The molecule has 1 spiro atoms. The van der Waals surface area contributed by atoms with Gasteiger partial charge in [-0.25, -0.2) is 19.3 Å². The molecule has 12 nitrogen and oxygen atoms in total. The predicted octanol–water partition coefficient (Wildman–Crippen LogP) is 1.66. The van der Waals surface area contributed by atoms with Gasteiger partial charge in [-0.3, -0.25) is 14.7 Å². The normalized spacial score (nSPS) is 24.1. The number of halogens is 1. The number of carbonyl (C=O) groups excluding carboxylic acids is 2. The van der Waals surface area contributed by atoms with E-state index in [1.54, 1.807) is 6.07 Å². The van der Waals surface area contributed by atoms with Crippen molar-refractivity contribution in [2.24, 2.45) is 5.92 Å². The van der Waals surface area contributed by atoms with E-state index >= 15 is 0 Å². The van der Waals surface area contributed by atoms with Crippen LogP contribution < -0.4 is 20.3 Å². The van der Waals surface area contributed by atoms with Crippen molar-refractivity contribution >= 4 is 17.5 Å². The van der Waals surface area contributed by atoms with Crippen LogP contribution in [-0.2, 0) is 11.3 Å². The van der Waals surface area contributed by atoms with E-state index in [4.69, 9.17) is 4.74 Å². The first-order valence-corrected chi connectivity index (χ1v) is 14.1. The third kappa shape index (κ3) is 4.77. The van der Waals surface area contributed by atoms with Gasteiger partial charge in [0.2, 0.25) is 11.8 Å². The van der Waals surface area contributed by atoms with E-state index in [-0.39, 0.29) is 47.0 Å². The van der Waals surface area contributed by atoms with Gasteiger partial charge in [0.1, 0.15) is 11.5 Å². The third-order valence-corrected chi connectivity index (χ3v) is 8.97. The first-order chi connectivity index (χ1) is 19.9. The molecule has 2 bridgehead atoms. The molecule has 214 valence electrons. The maximum Gasteiger partial charge on any atom is 0.272 e. The number of fused-ring (bicyclic) bond motifs is 2. The number of methoxy groups -OCH3 is 1. The molecule has 0 radical (unpaired) electrons. The van der Waals surface area contributed by atoms with Crippen LogP contribution in [0.4, 0.5) is 10.1 Å². The molecular formula is C28H32FN9O3. The molecule has 3 N–H and O–H groups in total. The Morgan fingerprint density at radius 1 is 1.20 bits per heavy atom. The average molecular weight is 562 g/mol. The van der Waals surface area contributed by atoms with Gasteiger partial charge in [0.25, 0.3) is 5.91 Å². The number of amides is 2. The molecule has 4 fully saturated rings. The standard InChI is InChI=1S/C28H32FN9O3/c1-41-25-7-20(21(29)13-33-25)22-8-23(36-35-22)27(40)38-5-2-16(9-28(38)3-4-28)26(39)34-14-24-31-11-19(12-32-24)37-15-17-6-18(37)10-30-17/h7-8,11-13,16-18,30H,2-6,9-10,14-15H2,1H3,(H,34,39)(H,35,36)/t16?,17-,18-/m0/s1. The van der Waals surface area contributed by atoms with E-state index in [0.717, 1.165) is 44.2 Å². The molecule has 3 atom stereocenters. The highest BCUT2D eigenvalue weighted by atomic mass is 19.1. The molecule has 1 unspecified atom stereocenters. The summed E-state index contributed by atoms with van der Waals surface area (Å²) >= 11 is 0. The van der Waals surface area contributed by atoms with Crippen LogP contribution in [0, 0.1) is 11.7 Å². The van der Waals surface area contributed by atoms with E-state index in [2.05, 4.69) is 40.7 Å². The molecule has 4 aliphatic rings. The van der Waals surface area contributed by atoms with Crippen LogP contribution in [-0.4, -0.2) is 86.2 Å². The number of aromatic nitrogens is 5. The average Bonchev–Trinajstić information content (AvgIpc) is 3.37. The second-order valence-electron chi connectivity index (χ2n) is 11.5. The van der Waals surface area contributed by atoms with Gasteiger partial charge < -0.3 is 25.2 Å². The summed E-state index contributed by atoms with van der Waals surface area (Å²) in [6.45, 7) is 2.71. The number of H-pyrrole nitrogens is 1. The maximum atomic E-state index is 14.4. The number of ether oxygens (including phenoxy) is 1. The maximum absolute atomic E-state index is 14.4. The van der Waals surface area contributed by atoms with E-state index < -0.39 is 5.82 Å². The quantitative estimate of drug-likeness (QED) is 0.393. The van der Waals surface area contributed by atoms with Gasteiger partial charge in [-0.2, -0.15) is 5.10 Å². The van der Waals surface area contributed by atoms with Crippen LogP contribution in [0.5, 0.6) is 5.88 Å². The number of piperidine rings is 1. The topological polar surface area (TPSA) is 141 Å². The minimum atomic E-state index is -0.556. The molecule has 41 heavy (non-hydrogen) atoms. The van der Waals surface area contributed by atoms with Crippen molar-refractivity contribution < 1.29 is 18.7 Å². The fourth-order valence-electron chi connectivity index (χ4n) is 6.57. The number of rotatable bonds is 7. The Labute approximate surface area is 236 Å². The van der Waals surface area contributed by atoms with Crippen molar-refractivity contribution in [3.05, 3.63) is 48.1 Å². The number of hydrogen-bond acceptors (Lipinski definition) is 9. The summed E-state index contributed by atoms with van der Waals surface area (Å²) in [7, 11) is 1.45. The summed E-state index contributed by atoms with van der Waals surface area (Å²) in [6.07, 6.45) is 8.77. The minimum Gasteiger partial charge on any atom is -0.481 e. The molecule has 1 saturated carbocycles. The lowest BCUT2D eigenvalue weighted by atomic mass is 9.88. The lowest BCUT2D eigenvalue weighted by Gasteiger charge is -2.39. The highest BCUT2D eigenvalue weighted by Crippen LogP contribution is 2.50. The van der Waals surface area contributed by atoms with Crippen molar-refractivity contribution in [2.45, 2.75) is 56.3 Å². The van der Waals surface area contributed by atoms with Gasteiger partial charge in [0.05, 0.1) is 43.6 Å². The van der Waals surface area contributed by atoms with Crippen LogP contribution in [0.1, 0.15) is 48.4 Å². The van der Waals surface area contributed by atoms with Crippen LogP contribution in [0.15, 0.2) is 30.7 Å². The van der Waals surface area contributed by atoms with Crippen molar-refractivity contribution in [3.8, 4) is 17.1 Å². The fourth-order valence-corrected chi connectivity index (χ4v) is 6.57. The van der Waals surface area contributed by atoms with Crippen LogP contribution in [0.25, 0.3) is 11.3 Å². The largest absolute Gasteiger partial charge is 0.481 e. The zero-order valence-electron chi connectivity index (χ0n) is 22.8. The van der Waals surface area contributed by atoms with E-state index in [1.165, 1.54) is 13.2 Å². The van der Waals surface area contributed by atoms with Gasteiger partial charge >= 0.3 is 0 Å². The highest BCUT2D eigenvalue weighted by molar-refractivity contribution is 5.94. The Kier molecular flexibility index (Phi) is 6.33. The zero-order valence-corrected chi connectivity index (χ0v) is 22.8. The molecule has 6 heterocycles. The third-order valence-electron chi connectivity index (χ3n) is 8.97. The predicted molar refractivity (Wildman–Crippen MR) is 145 cm³/mol. The van der Waals surface area contributed by atoms with Gasteiger partial charge in [-0.15, -0.1) is 0 Å². The smallest absolute Gasteiger partial charge is 0.272 e. The molecule has 2 amide bonds.